The second-order valence-corrected chi connectivity index (χ2v) is 6.38. The first-order valence-corrected chi connectivity index (χ1v) is 8.39. The number of hydrogen-bond acceptors (Lipinski definition) is 3. The van der Waals surface area contributed by atoms with Crippen LogP contribution >= 0.6 is 11.8 Å². The molecule has 2 atom stereocenters. The third kappa shape index (κ3) is 3.09. The molecule has 0 fully saturated rings. The lowest BCUT2D eigenvalue weighted by Crippen LogP contribution is -2.11. The molecule has 1 unspecified atom stereocenters. The first kappa shape index (κ1) is 14.5. The van der Waals surface area contributed by atoms with Gasteiger partial charge in [0, 0.05) is 22.1 Å². The highest BCUT2D eigenvalue weighted by atomic mass is 32.2. The molecule has 0 aliphatic carbocycles. The molecule has 0 amide bonds. The summed E-state index contributed by atoms with van der Waals surface area (Å²) in [6, 6.07) is 16.3. The summed E-state index contributed by atoms with van der Waals surface area (Å²) in [4.78, 5) is 1.37. The van der Waals surface area contributed by atoms with Crippen molar-refractivity contribution in [3.05, 3.63) is 59.7 Å². The molecule has 1 N–H and O–H groups in total. The topological polar surface area (TPSA) is 29.5 Å². The van der Waals surface area contributed by atoms with Crippen molar-refractivity contribution in [3.63, 3.8) is 0 Å². The number of para-hydroxylation sites is 1. The summed E-state index contributed by atoms with van der Waals surface area (Å²) in [5.74, 6) is 2.30. The predicted octanol–water partition coefficient (Wildman–Crippen LogP) is 4.40. The highest BCUT2D eigenvalue weighted by Gasteiger charge is 2.23. The molecule has 0 saturated carbocycles. The van der Waals surface area contributed by atoms with E-state index in [0.717, 1.165) is 17.1 Å². The van der Waals surface area contributed by atoms with Crippen molar-refractivity contribution in [2.24, 2.45) is 0 Å². The van der Waals surface area contributed by atoms with Crippen LogP contribution < -0.4 is 4.74 Å². The first-order valence-electron chi connectivity index (χ1n) is 7.41. The molecule has 1 heterocycles. The molecule has 0 saturated heterocycles. The van der Waals surface area contributed by atoms with Crippen molar-refractivity contribution in [2.75, 3.05) is 12.4 Å². The standard InChI is InChI=1S/C18H20O2S/c1-2-16(19)15-8-3-5-9-17(15)20-11-13-12-21-18-10-6-4-7-14(13)18/h3-10,13,16,19H,2,11-12H2,1H3/t13?,16-/m0/s1. The van der Waals surface area contributed by atoms with Crippen molar-refractivity contribution < 1.29 is 9.84 Å². The second kappa shape index (κ2) is 6.54. The van der Waals surface area contributed by atoms with E-state index in [-0.39, 0.29) is 0 Å². The molecule has 110 valence electrons. The van der Waals surface area contributed by atoms with Gasteiger partial charge in [-0.1, -0.05) is 43.3 Å². The van der Waals surface area contributed by atoms with Crippen molar-refractivity contribution in [2.45, 2.75) is 30.3 Å². The number of fused-ring (bicyclic) bond motifs is 1. The monoisotopic (exact) mass is 300 g/mol. The van der Waals surface area contributed by atoms with Gasteiger partial charge in [0.1, 0.15) is 5.75 Å². The summed E-state index contributed by atoms with van der Waals surface area (Å²) in [7, 11) is 0. The molecule has 0 bridgehead atoms. The highest BCUT2D eigenvalue weighted by molar-refractivity contribution is 7.99. The Hall–Kier alpha value is -1.45. The molecule has 3 heteroatoms. The van der Waals surface area contributed by atoms with Crippen molar-refractivity contribution in [1.82, 2.24) is 0 Å². The summed E-state index contributed by atoms with van der Waals surface area (Å²) >= 11 is 1.90. The predicted molar refractivity (Wildman–Crippen MR) is 87.1 cm³/mol. The van der Waals surface area contributed by atoms with Gasteiger partial charge in [-0.05, 0) is 24.1 Å². The third-order valence-corrected chi connectivity index (χ3v) is 5.16. The highest BCUT2D eigenvalue weighted by Crippen LogP contribution is 2.39. The van der Waals surface area contributed by atoms with Crippen molar-refractivity contribution in [1.29, 1.82) is 0 Å². The van der Waals surface area contributed by atoms with Gasteiger partial charge in [0.25, 0.3) is 0 Å². The van der Waals surface area contributed by atoms with Crippen LogP contribution in [0.15, 0.2) is 53.4 Å². The number of thioether (sulfide) groups is 1. The second-order valence-electron chi connectivity index (χ2n) is 5.32. The van der Waals surface area contributed by atoms with E-state index < -0.39 is 6.10 Å². The van der Waals surface area contributed by atoms with Crippen LogP contribution in [0.2, 0.25) is 0 Å². The van der Waals surface area contributed by atoms with Gasteiger partial charge in [-0.2, -0.15) is 0 Å². The molecule has 2 aromatic rings. The fourth-order valence-corrected chi connectivity index (χ4v) is 3.90. The van der Waals surface area contributed by atoms with Crippen LogP contribution in [0.25, 0.3) is 0 Å². The van der Waals surface area contributed by atoms with Gasteiger partial charge >= 0.3 is 0 Å². The maximum Gasteiger partial charge on any atom is 0.125 e. The van der Waals surface area contributed by atoms with E-state index in [1.807, 2.05) is 43.0 Å². The Morgan fingerprint density at radius 1 is 1.19 bits per heavy atom. The average Bonchev–Trinajstić information content (AvgIpc) is 2.96. The molecule has 21 heavy (non-hydrogen) atoms. The Morgan fingerprint density at radius 2 is 1.95 bits per heavy atom. The minimum Gasteiger partial charge on any atom is -0.493 e. The number of hydrogen-bond donors (Lipinski definition) is 1. The van der Waals surface area contributed by atoms with Gasteiger partial charge < -0.3 is 9.84 Å². The molecule has 0 aromatic heterocycles. The van der Waals surface area contributed by atoms with Gasteiger partial charge in [0.2, 0.25) is 0 Å². The van der Waals surface area contributed by atoms with Crippen LogP contribution in [0.1, 0.15) is 36.5 Å². The fraction of sp³-hybridized carbons (Fsp3) is 0.333. The Kier molecular flexibility index (Phi) is 4.51. The Balaban J connectivity index is 1.72. The summed E-state index contributed by atoms with van der Waals surface area (Å²) in [5, 5.41) is 10.1. The van der Waals surface area contributed by atoms with Gasteiger partial charge in [0.05, 0.1) is 12.7 Å². The van der Waals surface area contributed by atoms with E-state index in [0.29, 0.717) is 18.9 Å². The van der Waals surface area contributed by atoms with E-state index in [1.54, 1.807) is 0 Å². The quantitative estimate of drug-likeness (QED) is 0.887. The van der Waals surface area contributed by atoms with Crippen LogP contribution in [0.5, 0.6) is 5.75 Å². The summed E-state index contributed by atoms with van der Waals surface area (Å²) in [6.45, 7) is 2.64. The van der Waals surface area contributed by atoms with Crippen molar-refractivity contribution in [3.8, 4) is 5.75 Å². The summed E-state index contributed by atoms with van der Waals surface area (Å²) < 4.78 is 6.03. The lowest BCUT2D eigenvalue weighted by atomic mass is 10.0. The van der Waals surface area contributed by atoms with E-state index in [4.69, 9.17) is 4.74 Å². The average molecular weight is 300 g/mol. The van der Waals surface area contributed by atoms with Gasteiger partial charge in [0.15, 0.2) is 0 Å². The van der Waals surface area contributed by atoms with Crippen LogP contribution in [0, 0.1) is 0 Å². The Morgan fingerprint density at radius 3 is 2.81 bits per heavy atom. The number of benzene rings is 2. The largest absolute Gasteiger partial charge is 0.493 e. The molecular formula is C18H20O2S. The number of aliphatic hydroxyl groups excluding tert-OH is 1. The third-order valence-electron chi connectivity index (χ3n) is 3.90. The molecule has 2 nitrogen and oxygen atoms in total. The van der Waals surface area contributed by atoms with Crippen molar-refractivity contribution >= 4 is 11.8 Å². The van der Waals surface area contributed by atoms with E-state index >= 15 is 0 Å². The van der Waals surface area contributed by atoms with Crippen LogP contribution in [0.4, 0.5) is 0 Å². The summed E-state index contributed by atoms with van der Waals surface area (Å²) in [5.41, 5.74) is 2.27. The van der Waals surface area contributed by atoms with Gasteiger partial charge in [-0.3, -0.25) is 0 Å². The first-order chi connectivity index (χ1) is 10.3. The molecule has 3 rings (SSSR count). The van der Waals surface area contributed by atoms with E-state index in [1.165, 1.54) is 10.5 Å². The fourth-order valence-electron chi connectivity index (χ4n) is 2.66. The molecule has 1 aliphatic heterocycles. The minimum atomic E-state index is -0.452. The SMILES string of the molecule is CC[C@H](O)c1ccccc1OCC1CSc2ccccc21. The lowest BCUT2D eigenvalue weighted by molar-refractivity contribution is 0.166. The van der Waals surface area contributed by atoms with Gasteiger partial charge in [-0.25, -0.2) is 0 Å². The van der Waals surface area contributed by atoms with Crippen LogP contribution in [-0.2, 0) is 0 Å². The van der Waals surface area contributed by atoms with Gasteiger partial charge in [-0.15, -0.1) is 11.8 Å². The zero-order valence-electron chi connectivity index (χ0n) is 12.2. The molecule has 2 aromatic carbocycles. The zero-order valence-corrected chi connectivity index (χ0v) is 13.0. The summed E-state index contributed by atoms with van der Waals surface area (Å²) in [6.07, 6.45) is 0.245. The Bertz CT molecular complexity index is 612. The smallest absolute Gasteiger partial charge is 0.125 e. The van der Waals surface area contributed by atoms with E-state index in [2.05, 4.69) is 24.3 Å². The number of ether oxygens (including phenoxy) is 1. The maximum atomic E-state index is 10.1. The van der Waals surface area contributed by atoms with Crippen LogP contribution in [-0.4, -0.2) is 17.5 Å². The lowest BCUT2D eigenvalue weighted by Gasteiger charge is -2.17. The van der Waals surface area contributed by atoms with Crippen LogP contribution in [0.3, 0.4) is 0 Å². The zero-order chi connectivity index (χ0) is 14.7. The number of rotatable bonds is 5. The molecule has 0 radical (unpaired) electrons. The minimum absolute atomic E-state index is 0.429. The molecule has 0 spiro atoms. The molecular weight excluding hydrogens is 280 g/mol. The number of aliphatic hydroxyl groups is 1. The normalized spacial score (nSPS) is 18.3. The Labute approximate surface area is 130 Å². The molecule has 1 aliphatic rings. The van der Waals surface area contributed by atoms with E-state index in [9.17, 15) is 5.11 Å². The maximum absolute atomic E-state index is 10.1.